The third-order valence-electron chi connectivity index (χ3n) is 3.24. The minimum atomic E-state index is 0.842. The Kier molecular flexibility index (Phi) is 4.15. The molecule has 0 saturated carbocycles. The molecule has 0 amide bonds. The van der Waals surface area contributed by atoms with E-state index in [-0.39, 0.29) is 0 Å². The van der Waals surface area contributed by atoms with Crippen molar-refractivity contribution in [2.75, 3.05) is 20.2 Å². The number of rotatable bonds is 5. The first kappa shape index (κ1) is 12.8. The molecule has 18 heavy (non-hydrogen) atoms. The van der Waals surface area contributed by atoms with Gasteiger partial charge in [-0.15, -0.1) is 0 Å². The Morgan fingerprint density at radius 2 is 1.89 bits per heavy atom. The molecule has 1 heterocycles. The molecule has 0 aliphatic rings. The molecule has 0 saturated heterocycles. The monoisotopic (exact) mass is 244 g/mol. The van der Waals surface area contributed by atoms with Crippen LogP contribution in [0.2, 0.25) is 0 Å². The highest BCUT2D eigenvalue weighted by atomic mass is 16.5. The molecule has 3 heteroatoms. The molecule has 0 bridgehead atoms. The highest BCUT2D eigenvalue weighted by Gasteiger charge is 2.06. The number of pyridine rings is 1. The number of methoxy groups -OCH3 is 1. The Labute approximate surface area is 108 Å². The molecule has 0 radical (unpaired) electrons. The molecule has 0 fully saturated rings. The van der Waals surface area contributed by atoms with Gasteiger partial charge in [-0.05, 0) is 25.2 Å². The number of benzene rings is 1. The van der Waals surface area contributed by atoms with Crippen LogP contribution >= 0.6 is 0 Å². The molecule has 2 aromatic rings. The molecule has 0 unspecified atom stereocenters. The molecule has 0 atom stereocenters. The molecular weight excluding hydrogens is 224 g/mol. The van der Waals surface area contributed by atoms with Crippen molar-refractivity contribution in [1.82, 2.24) is 9.88 Å². The Bertz CT molecular complexity index is 521. The van der Waals surface area contributed by atoms with Gasteiger partial charge >= 0.3 is 0 Å². The van der Waals surface area contributed by atoms with Gasteiger partial charge in [0.1, 0.15) is 11.3 Å². The van der Waals surface area contributed by atoms with Crippen molar-refractivity contribution in [3.05, 3.63) is 36.0 Å². The Balaban J connectivity index is 2.36. The summed E-state index contributed by atoms with van der Waals surface area (Å²) in [5, 5.41) is 1.12. The number of hydrogen-bond acceptors (Lipinski definition) is 3. The topological polar surface area (TPSA) is 25.4 Å². The van der Waals surface area contributed by atoms with E-state index in [1.54, 1.807) is 7.11 Å². The third kappa shape index (κ3) is 2.62. The Morgan fingerprint density at radius 3 is 2.56 bits per heavy atom. The maximum absolute atomic E-state index is 5.36. The quantitative estimate of drug-likeness (QED) is 0.808. The van der Waals surface area contributed by atoms with E-state index in [0.29, 0.717) is 0 Å². The van der Waals surface area contributed by atoms with Crippen LogP contribution in [-0.4, -0.2) is 30.1 Å². The Morgan fingerprint density at radius 1 is 1.11 bits per heavy atom. The van der Waals surface area contributed by atoms with Crippen molar-refractivity contribution in [3.8, 4) is 5.75 Å². The highest BCUT2D eigenvalue weighted by Crippen LogP contribution is 2.23. The number of nitrogens with zero attached hydrogens (tertiary/aromatic N) is 2. The van der Waals surface area contributed by atoms with Gasteiger partial charge < -0.3 is 4.74 Å². The van der Waals surface area contributed by atoms with Crippen molar-refractivity contribution in [3.63, 3.8) is 0 Å². The van der Waals surface area contributed by atoms with Gasteiger partial charge in [0, 0.05) is 11.9 Å². The molecule has 3 nitrogen and oxygen atoms in total. The van der Waals surface area contributed by atoms with Crippen molar-refractivity contribution in [2.24, 2.45) is 0 Å². The molecule has 2 rings (SSSR count). The fourth-order valence-electron chi connectivity index (χ4n) is 2.09. The molecule has 0 spiro atoms. The van der Waals surface area contributed by atoms with Gasteiger partial charge in [-0.3, -0.25) is 4.90 Å². The van der Waals surface area contributed by atoms with Crippen LogP contribution in [0.5, 0.6) is 5.75 Å². The zero-order chi connectivity index (χ0) is 13.0. The maximum Gasteiger partial charge on any atom is 0.145 e. The third-order valence-corrected chi connectivity index (χ3v) is 3.24. The fraction of sp³-hybridized carbons (Fsp3) is 0.400. The van der Waals surface area contributed by atoms with E-state index < -0.39 is 0 Å². The first-order valence-electron chi connectivity index (χ1n) is 6.43. The van der Waals surface area contributed by atoms with E-state index >= 15 is 0 Å². The van der Waals surface area contributed by atoms with Crippen molar-refractivity contribution >= 4 is 10.9 Å². The minimum Gasteiger partial charge on any atom is -0.494 e. The summed E-state index contributed by atoms with van der Waals surface area (Å²) in [6.45, 7) is 7.32. The molecule has 1 aromatic carbocycles. The molecule has 96 valence electrons. The summed E-state index contributed by atoms with van der Waals surface area (Å²) in [4.78, 5) is 7.07. The van der Waals surface area contributed by atoms with Crippen molar-refractivity contribution < 1.29 is 4.74 Å². The first-order valence-corrected chi connectivity index (χ1v) is 6.43. The molecule has 1 aromatic heterocycles. The summed E-state index contributed by atoms with van der Waals surface area (Å²) >= 11 is 0. The number of aromatic nitrogens is 1. The number of ether oxygens (including phenoxy) is 1. The van der Waals surface area contributed by atoms with Gasteiger partial charge in [0.15, 0.2) is 0 Å². The SMILES string of the molecule is CCN(CC)Cc1ccc2cccc(OC)c2n1. The second kappa shape index (κ2) is 5.83. The van der Waals surface area contributed by atoms with E-state index in [1.807, 2.05) is 12.1 Å². The summed E-state index contributed by atoms with van der Waals surface area (Å²) < 4.78 is 5.36. The lowest BCUT2D eigenvalue weighted by molar-refractivity contribution is 0.292. The predicted octanol–water partition coefficient (Wildman–Crippen LogP) is 3.09. The number of para-hydroxylation sites is 1. The Hall–Kier alpha value is -1.61. The van der Waals surface area contributed by atoms with Crippen LogP contribution in [0.1, 0.15) is 19.5 Å². The summed E-state index contributed by atoms with van der Waals surface area (Å²) in [7, 11) is 1.69. The van der Waals surface area contributed by atoms with Crippen LogP contribution < -0.4 is 4.74 Å². The van der Waals surface area contributed by atoms with Crippen LogP contribution in [0.15, 0.2) is 30.3 Å². The van der Waals surface area contributed by atoms with E-state index in [1.165, 1.54) is 0 Å². The first-order chi connectivity index (χ1) is 8.78. The van der Waals surface area contributed by atoms with Crippen LogP contribution in [0, 0.1) is 0 Å². The second-order valence-corrected chi connectivity index (χ2v) is 4.30. The molecule has 0 aliphatic carbocycles. The van der Waals surface area contributed by atoms with Gasteiger partial charge in [0.05, 0.1) is 12.8 Å². The predicted molar refractivity (Wildman–Crippen MR) is 74.9 cm³/mol. The largest absolute Gasteiger partial charge is 0.494 e. The second-order valence-electron chi connectivity index (χ2n) is 4.30. The van der Waals surface area contributed by atoms with E-state index in [0.717, 1.165) is 42.0 Å². The van der Waals surface area contributed by atoms with Gasteiger partial charge in [-0.2, -0.15) is 0 Å². The lowest BCUT2D eigenvalue weighted by atomic mass is 10.2. The van der Waals surface area contributed by atoms with Gasteiger partial charge in [-0.25, -0.2) is 4.98 Å². The van der Waals surface area contributed by atoms with Crippen LogP contribution in [0.4, 0.5) is 0 Å². The smallest absolute Gasteiger partial charge is 0.145 e. The average Bonchev–Trinajstić information content (AvgIpc) is 2.43. The van der Waals surface area contributed by atoms with Gasteiger partial charge in [0.2, 0.25) is 0 Å². The zero-order valence-electron chi connectivity index (χ0n) is 11.3. The lowest BCUT2D eigenvalue weighted by Crippen LogP contribution is -2.22. The normalized spacial score (nSPS) is 11.1. The number of fused-ring (bicyclic) bond motifs is 1. The van der Waals surface area contributed by atoms with Crippen LogP contribution in [-0.2, 0) is 6.54 Å². The van der Waals surface area contributed by atoms with Crippen LogP contribution in [0.25, 0.3) is 10.9 Å². The molecular formula is C15H20N2O. The zero-order valence-corrected chi connectivity index (χ0v) is 11.3. The van der Waals surface area contributed by atoms with E-state index in [9.17, 15) is 0 Å². The average molecular weight is 244 g/mol. The van der Waals surface area contributed by atoms with Gasteiger partial charge in [-0.1, -0.05) is 32.0 Å². The van der Waals surface area contributed by atoms with E-state index in [2.05, 4.69) is 36.9 Å². The van der Waals surface area contributed by atoms with E-state index in [4.69, 9.17) is 9.72 Å². The summed E-state index contributed by atoms with van der Waals surface area (Å²) in [5.41, 5.74) is 2.04. The maximum atomic E-state index is 5.36. The fourth-order valence-corrected chi connectivity index (χ4v) is 2.09. The molecule has 0 aliphatic heterocycles. The summed E-state index contributed by atoms with van der Waals surface area (Å²) in [5.74, 6) is 0.842. The van der Waals surface area contributed by atoms with Crippen molar-refractivity contribution in [2.45, 2.75) is 20.4 Å². The highest BCUT2D eigenvalue weighted by molar-refractivity contribution is 5.84. The van der Waals surface area contributed by atoms with Gasteiger partial charge in [0.25, 0.3) is 0 Å². The summed E-state index contributed by atoms with van der Waals surface area (Å²) in [6.07, 6.45) is 0. The standard InChI is InChI=1S/C15H20N2O/c1-4-17(5-2)11-13-10-9-12-7-6-8-14(18-3)15(12)16-13/h6-10H,4-5,11H2,1-3H3. The van der Waals surface area contributed by atoms with Crippen LogP contribution in [0.3, 0.4) is 0 Å². The number of hydrogen-bond donors (Lipinski definition) is 0. The minimum absolute atomic E-state index is 0.842. The van der Waals surface area contributed by atoms with Crippen molar-refractivity contribution in [1.29, 1.82) is 0 Å². The summed E-state index contributed by atoms with van der Waals surface area (Å²) in [6, 6.07) is 10.2. The lowest BCUT2D eigenvalue weighted by Gasteiger charge is -2.17. The molecule has 0 N–H and O–H groups in total.